The third-order valence-electron chi connectivity index (χ3n) is 6.08. The fourth-order valence-electron chi connectivity index (χ4n) is 4.45. The average molecular weight is 461 g/mol. The second kappa shape index (κ2) is 8.58. The predicted octanol–water partition coefficient (Wildman–Crippen LogP) is 4.86. The summed E-state index contributed by atoms with van der Waals surface area (Å²) in [4.78, 5) is 11.0. The Morgan fingerprint density at radius 3 is 2.47 bits per heavy atom. The summed E-state index contributed by atoms with van der Waals surface area (Å²) in [5.41, 5.74) is 3.31. The molecule has 2 aliphatic heterocycles. The van der Waals surface area contributed by atoms with Crippen LogP contribution in [0.2, 0.25) is 0 Å². The van der Waals surface area contributed by atoms with Crippen LogP contribution in [0.5, 0.6) is 23.0 Å². The molecular formula is C25H23N3O6. The van der Waals surface area contributed by atoms with E-state index in [9.17, 15) is 10.1 Å². The van der Waals surface area contributed by atoms with E-state index in [-0.39, 0.29) is 11.7 Å². The van der Waals surface area contributed by atoms with E-state index in [1.807, 2.05) is 41.4 Å². The molecule has 0 aromatic heterocycles. The number of hydrogen-bond acceptors (Lipinski definition) is 8. The van der Waals surface area contributed by atoms with Crippen LogP contribution in [0.25, 0.3) is 0 Å². The predicted molar refractivity (Wildman–Crippen MR) is 125 cm³/mol. The number of nitro groups is 1. The molecule has 34 heavy (non-hydrogen) atoms. The van der Waals surface area contributed by atoms with Crippen molar-refractivity contribution in [3.63, 3.8) is 0 Å². The van der Waals surface area contributed by atoms with Crippen molar-refractivity contribution >= 4 is 11.4 Å². The van der Waals surface area contributed by atoms with Crippen LogP contribution in [0.4, 0.5) is 5.69 Å². The number of rotatable bonds is 6. The van der Waals surface area contributed by atoms with Crippen LogP contribution in [0.15, 0.2) is 65.8 Å². The lowest BCUT2D eigenvalue weighted by Gasteiger charge is -2.38. The monoisotopic (exact) mass is 461 g/mol. The summed E-state index contributed by atoms with van der Waals surface area (Å²) < 4.78 is 22.8. The average Bonchev–Trinajstić information content (AvgIpc) is 3.33. The van der Waals surface area contributed by atoms with Gasteiger partial charge in [0.1, 0.15) is 0 Å². The Bertz CT molecular complexity index is 1290. The fraction of sp³-hybridized carbons (Fsp3) is 0.240. The summed E-state index contributed by atoms with van der Waals surface area (Å²) in [7, 11) is 4.78. The molecule has 9 heteroatoms. The Kier molecular flexibility index (Phi) is 5.45. The largest absolute Gasteiger partial charge is 0.493 e. The highest BCUT2D eigenvalue weighted by Crippen LogP contribution is 2.51. The van der Waals surface area contributed by atoms with E-state index in [2.05, 4.69) is 0 Å². The summed E-state index contributed by atoms with van der Waals surface area (Å²) >= 11 is 0. The molecule has 2 heterocycles. The van der Waals surface area contributed by atoms with Gasteiger partial charge in [-0.05, 0) is 24.3 Å². The number of nitro benzene ring substituents is 1. The Hall–Kier alpha value is -4.27. The van der Waals surface area contributed by atoms with Crippen LogP contribution >= 0.6 is 0 Å². The van der Waals surface area contributed by atoms with Gasteiger partial charge >= 0.3 is 0 Å². The molecule has 0 saturated carbocycles. The molecule has 3 aromatic rings. The van der Waals surface area contributed by atoms with Gasteiger partial charge in [-0.3, -0.25) is 10.1 Å². The zero-order valence-corrected chi connectivity index (χ0v) is 18.9. The summed E-state index contributed by atoms with van der Waals surface area (Å²) in [6.07, 6.45) is -0.0453. The third kappa shape index (κ3) is 3.55. The van der Waals surface area contributed by atoms with Crippen molar-refractivity contribution in [3.05, 3.63) is 87.5 Å². The smallest absolute Gasteiger partial charge is 0.269 e. The van der Waals surface area contributed by atoms with E-state index in [0.29, 0.717) is 35.0 Å². The number of fused-ring (bicyclic) bond motifs is 3. The number of methoxy groups -OCH3 is 3. The number of ether oxygens (including phenoxy) is 4. The summed E-state index contributed by atoms with van der Waals surface area (Å²) in [5, 5.41) is 18.2. The lowest BCUT2D eigenvalue weighted by Crippen LogP contribution is -2.33. The van der Waals surface area contributed by atoms with Gasteiger partial charge in [-0.1, -0.05) is 24.3 Å². The van der Waals surface area contributed by atoms with Crippen molar-refractivity contribution in [2.75, 3.05) is 21.3 Å². The maximum atomic E-state index is 11.4. The van der Waals surface area contributed by atoms with E-state index in [0.717, 1.165) is 16.8 Å². The molecule has 0 amide bonds. The lowest BCUT2D eigenvalue weighted by atomic mass is 9.95. The minimum Gasteiger partial charge on any atom is -0.493 e. The Balaban J connectivity index is 1.61. The third-order valence-corrected chi connectivity index (χ3v) is 6.08. The topological polar surface area (TPSA) is 95.7 Å². The van der Waals surface area contributed by atoms with E-state index in [4.69, 9.17) is 24.0 Å². The first-order chi connectivity index (χ1) is 16.5. The highest BCUT2D eigenvalue weighted by molar-refractivity contribution is 6.02. The van der Waals surface area contributed by atoms with Crippen molar-refractivity contribution in [2.45, 2.75) is 18.7 Å². The van der Waals surface area contributed by atoms with Gasteiger partial charge in [0.15, 0.2) is 23.0 Å². The van der Waals surface area contributed by atoms with Crippen molar-refractivity contribution in [1.29, 1.82) is 0 Å². The van der Waals surface area contributed by atoms with Gasteiger partial charge in [0.25, 0.3) is 5.69 Å². The molecule has 0 fully saturated rings. The zero-order valence-electron chi connectivity index (χ0n) is 18.9. The maximum absolute atomic E-state index is 11.4. The van der Waals surface area contributed by atoms with Gasteiger partial charge in [0.05, 0.1) is 38.0 Å². The normalized spacial score (nSPS) is 18.3. The first-order valence-electron chi connectivity index (χ1n) is 10.7. The van der Waals surface area contributed by atoms with Crippen LogP contribution in [-0.4, -0.2) is 37.0 Å². The Labute approximate surface area is 196 Å². The quantitative estimate of drug-likeness (QED) is 0.382. The summed E-state index contributed by atoms with van der Waals surface area (Å²) in [5.74, 6) is 2.47. The number of nitrogens with zero attached hydrogens (tertiary/aromatic N) is 3. The lowest BCUT2D eigenvalue weighted by molar-refractivity contribution is -0.385. The highest BCUT2D eigenvalue weighted by atomic mass is 16.6. The molecule has 0 N–H and O–H groups in total. The van der Waals surface area contributed by atoms with Gasteiger partial charge in [-0.15, -0.1) is 0 Å². The molecule has 9 nitrogen and oxygen atoms in total. The molecule has 0 saturated heterocycles. The van der Waals surface area contributed by atoms with Crippen LogP contribution in [-0.2, 0) is 0 Å². The van der Waals surface area contributed by atoms with Crippen molar-refractivity contribution in [2.24, 2.45) is 5.10 Å². The van der Waals surface area contributed by atoms with Crippen LogP contribution < -0.4 is 18.9 Å². The number of para-hydroxylation sites is 1. The van der Waals surface area contributed by atoms with Crippen LogP contribution in [0.1, 0.15) is 35.4 Å². The van der Waals surface area contributed by atoms with E-state index < -0.39 is 11.2 Å². The highest BCUT2D eigenvalue weighted by Gasteiger charge is 2.42. The number of hydrogen-bond donors (Lipinski definition) is 0. The first-order valence-corrected chi connectivity index (χ1v) is 10.7. The molecule has 174 valence electrons. The molecule has 2 atom stereocenters. The van der Waals surface area contributed by atoms with Gasteiger partial charge in [0.2, 0.25) is 6.23 Å². The number of non-ortho nitro benzene ring substituents is 1. The molecule has 0 aliphatic carbocycles. The molecular weight excluding hydrogens is 438 g/mol. The standard InChI is InChI=1S/C25H23N3O6/c1-31-21-11-10-15(13-23(21)33-3)19-14-20-18-8-5-9-22(32-2)24(18)34-25(27(20)26-19)16-6-4-7-17(12-16)28(29)30/h4-13,20,25H,14H2,1-3H3/t20-,25+/m1/s1. The second-order valence-corrected chi connectivity index (χ2v) is 7.92. The minimum absolute atomic E-state index is 0.00763. The van der Waals surface area contributed by atoms with E-state index in [1.54, 1.807) is 33.5 Å². The molecule has 0 spiro atoms. The van der Waals surface area contributed by atoms with Crippen molar-refractivity contribution in [1.82, 2.24) is 5.01 Å². The van der Waals surface area contributed by atoms with Crippen molar-refractivity contribution < 1.29 is 23.9 Å². The molecule has 0 unspecified atom stereocenters. The van der Waals surface area contributed by atoms with Gasteiger partial charge < -0.3 is 18.9 Å². The first kappa shape index (κ1) is 21.6. The number of hydrazone groups is 1. The van der Waals surface area contributed by atoms with Gasteiger partial charge in [-0.25, -0.2) is 5.01 Å². The SMILES string of the molecule is COc1ccc(C2=NN3[C@H](C2)c2cccc(OC)c2O[C@H]3c2cccc([N+](=O)[O-])c2)cc1OC. The molecule has 0 radical (unpaired) electrons. The molecule has 2 aliphatic rings. The Morgan fingerprint density at radius 1 is 0.971 bits per heavy atom. The minimum atomic E-state index is -0.661. The molecule has 3 aromatic carbocycles. The summed E-state index contributed by atoms with van der Waals surface area (Å²) in [6, 6.07) is 17.7. The van der Waals surface area contributed by atoms with Crippen LogP contribution in [0, 0.1) is 10.1 Å². The van der Waals surface area contributed by atoms with E-state index >= 15 is 0 Å². The molecule has 5 rings (SSSR count). The fourth-order valence-corrected chi connectivity index (χ4v) is 4.45. The second-order valence-electron chi connectivity index (χ2n) is 7.92. The van der Waals surface area contributed by atoms with Gasteiger partial charge in [-0.2, -0.15) is 5.10 Å². The maximum Gasteiger partial charge on any atom is 0.269 e. The van der Waals surface area contributed by atoms with Gasteiger partial charge in [0, 0.05) is 35.2 Å². The van der Waals surface area contributed by atoms with E-state index in [1.165, 1.54) is 12.1 Å². The zero-order chi connectivity index (χ0) is 23.8. The Morgan fingerprint density at radius 2 is 1.74 bits per heavy atom. The summed E-state index contributed by atoms with van der Waals surface area (Å²) in [6.45, 7) is 0. The number of benzene rings is 3. The molecule has 0 bridgehead atoms. The van der Waals surface area contributed by atoms with Crippen LogP contribution in [0.3, 0.4) is 0 Å². The van der Waals surface area contributed by atoms with Crippen molar-refractivity contribution in [3.8, 4) is 23.0 Å².